The van der Waals surface area contributed by atoms with Gasteiger partial charge in [-0.15, -0.1) is 11.3 Å². The number of carbonyl (C=O) groups excluding carboxylic acids is 1. The van der Waals surface area contributed by atoms with Crippen LogP contribution in [0.5, 0.6) is 0 Å². The Morgan fingerprint density at radius 2 is 2.09 bits per heavy atom. The number of likely N-dealkylation sites (N-methyl/N-ethyl adjacent to an activating group) is 1. The molecule has 3 heterocycles. The Labute approximate surface area is 193 Å². The minimum atomic E-state index is -0.362. The average molecular weight is 468 g/mol. The summed E-state index contributed by atoms with van der Waals surface area (Å²) >= 11 is 7.46. The molecular weight excluding hydrogens is 449 g/mol. The molecule has 0 atom stereocenters. The number of hydrogen-bond donors (Lipinski definition) is 1. The lowest BCUT2D eigenvalue weighted by molar-refractivity contribution is -0.119. The standard InChI is InChI=1S/C23H19ClFN5OS/c1-26-19(31)11-20-28-16-7-4-5-14-21(13-9-10-18(24)27-12-13)29-30(22(14)23(16)32-20)17-8-3-2-6-15(17)25/h2-3,6,8-10,12H,4-5,7,11H2,1H3,(H,26,31). The van der Waals surface area contributed by atoms with Crippen molar-refractivity contribution in [3.8, 4) is 27.5 Å². The quantitative estimate of drug-likeness (QED) is 0.444. The molecule has 0 unspecified atom stereocenters. The number of pyridine rings is 1. The number of carbonyl (C=O) groups is 1. The van der Waals surface area contributed by atoms with Crippen molar-refractivity contribution in [2.75, 3.05) is 7.05 Å². The van der Waals surface area contributed by atoms with E-state index in [1.807, 2.05) is 6.07 Å². The summed E-state index contributed by atoms with van der Waals surface area (Å²) in [6.45, 7) is 0. The van der Waals surface area contributed by atoms with E-state index in [0.717, 1.165) is 57.4 Å². The SMILES string of the molecule is CNC(=O)Cc1nc2c(s1)-c1c(c(-c3ccc(Cl)nc3)nn1-c1ccccc1F)CCC2. The van der Waals surface area contributed by atoms with Crippen molar-refractivity contribution in [1.82, 2.24) is 25.1 Å². The number of benzene rings is 1. The Balaban J connectivity index is 1.75. The van der Waals surface area contributed by atoms with Gasteiger partial charge in [-0.2, -0.15) is 5.10 Å². The Bertz CT molecular complexity index is 1310. The van der Waals surface area contributed by atoms with E-state index < -0.39 is 0 Å². The zero-order valence-corrected chi connectivity index (χ0v) is 18.8. The van der Waals surface area contributed by atoms with Crippen molar-refractivity contribution in [2.24, 2.45) is 0 Å². The van der Waals surface area contributed by atoms with Crippen LogP contribution in [0.1, 0.15) is 22.7 Å². The van der Waals surface area contributed by atoms with Crippen molar-refractivity contribution in [3.63, 3.8) is 0 Å². The average Bonchev–Trinajstić information content (AvgIpc) is 3.31. The third-order valence-corrected chi connectivity index (χ3v) is 6.78. The summed E-state index contributed by atoms with van der Waals surface area (Å²) in [6.07, 6.45) is 4.33. The number of fused-ring (bicyclic) bond motifs is 3. The van der Waals surface area contributed by atoms with Crippen LogP contribution in [0.25, 0.3) is 27.5 Å². The molecule has 3 aromatic heterocycles. The van der Waals surface area contributed by atoms with Crippen LogP contribution in [0, 0.1) is 5.82 Å². The molecule has 0 saturated heterocycles. The smallest absolute Gasteiger partial charge is 0.226 e. The van der Waals surface area contributed by atoms with Crippen LogP contribution in [0.2, 0.25) is 5.15 Å². The summed E-state index contributed by atoms with van der Waals surface area (Å²) in [4.78, 5) is 21.8. The molecule has 4 aromatic rings. The number of aromatic nitrogens is 4. The molecule has 5 rings (SSSR count). The number of hydrogen-bond acceptors (Lipinski definition) is 5. The van der Waals surface area contributed by atoms with Gasteiger partial charge in [0.1, 0.15) is 21.7 Å². The lowest BCUT2D eigenvalue weighted by Gasteiger charge is -2.08. The normalized spacial score (nSPS) is 12.7. The van der Waals surface area contributed by atoms with Gasteiger partial charge < -0.3 is 5.32 Å². The van der Waals surface area contributed by atoms with Gasteiger partial charge in [0.2, 0.25) is 5.91 Å². The van der Waals surface area contributed by atoms with Gasteiger partial charge in [-0.3, -0.25) is 4.79 Å². The van der Waals surface area contributed by atoms with Crippen molar-refractivity contribution in [3.05, 3.63) is 69.8 Å². The first-order valence-electron chi connectivity index (χ1n) is 10.2. The van der Waals surface area contributed by atoms with Gasteiger partial charge in [-0.1, -0.05) is 23.7 Å². The summed E-state index contributed by atoms with van der Waals surface area (Å²) in [5.41, 5.74) is 4.71. The number of nitrogens with one attached hydrogen (secondary N) is 1. The molecule has 6 nitrogen and oxygen atoms in total. The number of rotatable bonds is 4. The monoisotopic (exact) mass is 467 g/mol. The first kappa shape index (κ1) is 20.8. The second-order valence-corrected chi connectivity index (χ2v) is 8.97. The van der Waals surface area contributed by atoms with E-state index in [4.69, 9.17) is 21.7 Å². The molecule has 0 radical (unpaired) electrons. The zero-order chi connectivity index (χ0) is 22.2. The van der Waals surface area contributed by atoms with Crippen molar-refractivity contribution in [2.45, 2.75) is 25.7 Å². The zero-order valence-electron chi connectivity index (χ0n) is 17.2. The summed E-state index contributed by atoms with van der Waals surface area (Å²) < 4.78 is 16.5. The van der Waals surface area contributed by atoms with Crippen LogP contribution in [-0.2, 0) is 24.1 Å². The van der Waals surface area contributed by atoms with Crippen LogP contribution in [0.4, 0.5) is 4.39 Å². The van der Waals surface area contributed by atoms with E-state index in [1.165, 1.54) is 17.4 Å². The van der Waals surface area contributed by atoms with E-state index in [2.05, 4.69) is 10.3 Å². The maximum atomic E-state index is 14.9. The van der Waals surface area contributed by atoms with Crippen LogP contribution >= 0.6 is 22.9 Å². The predicted molar refractivity (Wildman–Crippen MR) is 123 cm³/mol. The highest BCUT2D eigenvalue weighted by atomic mass is 35.5. The fourth-order valence-corrected chi connectivity index (χ4v) is 5.23. The van der Waals surface area contributed by atoms with Gasteiger partial charge in [0.15, 0.2) is 0 Å². The summed E-state index contributed by atoms with van der Waals surface area (Å²) in [5, 5.41) is 8.62. The molecule has 1 aliphatic rings. The number of nitrogens with zero attached hydrogens (tertiary/aromatic N) is 4. The van der Waals surface area contributed by atoms with Crippen LogP contribution in [0.15, 0.2) is 42.6 Å². The predicted octanol–water partition coefficient (Wildman–Crippen LogP) is 4.63. The van der Waals surface area contributed by atoms with Gasteiger partial charge in [-0.25, -0.2) is 19.0 Å². The maximum absolute atomic E-state index is 14.9. The number of thiazole rings is 1. The molecule has 0 spiro atoms. The molecule has 0 saturated carbocycles. The van der Waals surface area contributed by atoms with Crippen LogP contribution < -0.4 is 5.32 Å². The number of halogens is 2. The molecule has 0 fully saturated rings. The maximum Gasteiger partial charge on any atom is 0.226 e. The fraction of sp³-hybridized carbons (Fsp3) is 0.217. The minimum absolute atomic E-state index is 0.0929. The largest absolute Gasteiger partial charge is 0.359 e. The number of amides is 1. The molecule has 0 bridgehead atoms. The van der Waals surface area contributed by atoms with E-state index in [9.17, 15) is 9.18 Å². The summed E-state index contributed by atoms with van der Waals surface area (Å²) in [5.74, 6) is -0.454. The highest BCUT2D eigenvalue weighted by Gasteiger charge is 2.29. The van der Waals surface area contributed by atoms with E-state index in [-0.39, 0.29) is 18.1 Å². The molecular formula is C23H19ClFN5OS. The van der Waals surface area contributed by atoms with Crippen molar-refractivity contribution in [1.29, 1.82) is 0 Å². The van der Waals surface area contributed by atoms with Gasteiger partial charge >= 0.3 is 0 Å². The van der Waals surface area contributed by atoms with E-state index >= 15 is 0 Å². The third kappa shape index (κ3) is 3.69. The third-order valence-electron chi connectivity index (χ3n) is 5.45. The Kier molecular flexibility index (Phi) is 5.48. The number of para-hydroxylation sites is 1. The van der Waals surface area contributed by atoms with E-state index in [1.54, 1.807) is 42.2 Å². The Morgan fingerprint density at radius 1 is 1.25 bits per heavy atom. The topological polar surface area (TPSA) is 72.7 Å². The first-order valence-corrected chi connectivity index (χ1v) is 11.4. The lowest BCUT2D eigenvalue weighted by atomic mass is 10.0. The van der Waals surface area contributed by atoms with E-state index in [0.29, 0.717) is 10.8 Å². The van der Waals surface area contributed by atoms with Crippen molar-refractivity contribution < 1.29 is 9.18 Å². The molecule has 162 valence electrons. The van der Waals surface area contributed by atoms with Crippen LogP contribution in [0.3, 0.4) is 0 Å². The molecule has 9 heteroatoms. The summed E-state index contributed by atoms with van der Waals surface area (Å²) in [7, 11) is 1.61. The number of aryl methyl sites for hydroxylation is 1. The molecule has 0 aliphatic heterocycles. The van der Waals surface area contributed by atoms with Crippen molar-refractivity contribution >= 4 is 28.8 Å². The molecule has 1 aliphatic carbocycles. The van der Waals surface area contributed by atoms with Gasteiger partial charge in [0, 0.05) is 24.4 Å². The summed E-state index contributed by atoms with van der Waals surface area (Å²) in [6, 6.07) is 10.2. The fourth-order valence-electron chi connectivity index (χ4n) is 3.96. The minimum Gasteiger partial charge on any atom is -0.359 e. The highest BCUT2D eigenvalue weighted by Crippen LogP contribution is 2.42. The van der Waals surface area contributed by atoms with Crippen LogP contribution in [-0.4, -0.2) is 32.7 Å². The molecule has 1 N–H and O–H groups in total. The first-order chi connectivity index (χ1) is 15.5. The second-order valence-electron chi connectivity index (χ2n) is 7.50. The highest BCUT2D eigenvalue weighted by molar-refractivity contribution is 7.15. The van der Waals surface area contributed by atoms with Gasteiger partial charge in [0.25, 0.3) is 0 Å². The molecule has 1 aromatic carbocycles. The Hall–Kier alpha value is -3.10. The second kappa shape index (κ2) is 8.44. The lowest BCUT2D eigenvalue weighted by Crippen LogP contribution is -2.19. The molecule has 1 amide bonds. The van der Waals surface area contributed by atoms with Gasteiger partial charge in [0.05, 0.1) is 28.4 Å². The van der Waals surface area contributed by atoms with Gasteiger partial charge in [-0.05, 0) is 43.5 Å². The Morgan fingerprint density at radius 3 is 2.84 bits per heavy atom. The molecule has 32 heavy (non-hydrogen) atoms.